The van der Waals surface area contributed by atoms with Gasteiger partial charge >= 0.3 is 0 Å². The second-order valence-electron chi connectivity index (χ2n) is 3.88. The number of nitrogens with zero attached hydrogens (tertiary/aromatic N) is 4. The first kappa shape index (κ1) is 11.8. The van der Waals surface area contributed by atoms with Gasteiger partial charge in [-0.1, -0.05) is 11.6 Å². The van der Waals surface area contributed by atoms with Crippen molar-refractivity contribution in [1.29, 1.82) is 0 Å². The number of rotatable bonds is 3. The van der Waals surface area contributed by atoms with E-state index in [1.54, 1.807) is 0 Å². The van der Waals surface area contributed by atoms with Gasteiger partial charge in [-0.25, -0.2) is 0 Å². The summed E-state index contributed by atoms with van der Waals surface area (Å²) < 4.78 is 0. The van der Waals surface area contributed by atoms with Crippen LogP contribution in [-0.4, -0.2) is 46.3 Å². The van der Waals surface area contributed by atoms with Gasteiger partial charge in [0.15, 0.2) is 11.0 Å². The molecule has 0 saturated carbocycles. The molecule has 2 rings (SSSR count). The quantitative estimate of drug-likeness (QED) is 0.898. The molecule has 88 valence electrons. The van der Waals surface area contributed by atoms with E-state index in [1.807, 2.05) is 0 Å². The van der Waals surface area contributed by atoms with E-state index in [2.05, 4.69) is 32.4 Å². The Morgan fingerprint density at radius 3 is 2.94 bits per heavy atom. The molecule has 0 amide bonds. The molecule has 0 aliphatic carbocycles. The molecule has 7 heteroatoms. The first-order chi connectivity index (χ1) is 7.66. The monoisotopic (exact) mass is 261 g/mol. The minimum Gasteiger partial charge on any atom is -0.366 e. The van der Waals surface area contributed by atoms with Crippen molar-refractivity contribution >= 4 is 29.0 Å². The van der Waals surface area contributed by atoms with Crippen molar-refractivity contribution in [3.63, 3.8) is 0 Å². The van der Waals surface area contributed by atoms with Crippen molar-refractivity contribution in [2.45, 2.75) is 18.9 Å². The summed E-state index contributed by atoms with van der Waals surface area (Å²) in [6.45, 7) is 1.94. The maximum Gasteiger partial charge on any atom is 0.245 e. The van der Waals surface area contributed by atoms with Crippen molar-refractivity contribution in [1.82, 2.24) is 20.1 Å². The van der Waals surface area contributed by atoms with E-state index in [1.165, 1.54) is 12.8 Å². The molecule has 1 saturated heterocycles. The highest BCUT2D eigenvalue weighted by atomic mass is 35.5. The molecular weight excluding hydrogens is 249 g/mol. The average molecular weight is 262 g/mol. The van der Waals surface area contributed by atoms with Crippen molar-refractivity contribution in [3.8, 4) is 0 Å². The fourth-order valence-electron chi connectivity index (χ4n) is 1.86. The molecule has 5 nitrogen and oxygen atoms in total. The molecular formula is C9H13Cl2N5. The summed E-state index contributed by atoms with van der Waals surface area (Å²) in [6.07, 6.45) is 2.42. The van der Waals surface area contributed by atoms with Gasteiger partial charge in [-0.05, 0) is 38.0 Å². The fourth-order valence-corrected chi connectivity index (χ4v) is 2.13. The summed E-state index contributed by atoms with van der Waals surface area (Å²) in [5.74, 6) is 0.502. The number of nitrogens with one attached hydrogen (secondary N) is 1. The van der Waals surface area contributed by atoms with Gasteiger partial charge in [0.2, 0.25) is 5.28 Å². The van der Waals surface area contributed by atoms with E-state index in [9.17, 15) is 0 Å². The minimum atomic E-state index is 0.103. The molecule has 1 fully saturated rings. The Labute approximate surface area is 104 Å². The standard InChI is InChI=1S/C9H13Cl2N5/c1-16-4-2-3-6(16)5-12-8-7(10)14-15-9(11)13-8/h6H,2-5H2,1H3,(H,12,13,15). The van der Waals surface area contributed by atoms with Crippen LogP contribution in [0.25, 0.3) is 0 Å². The predicted octanol–water partition coefficient (Wildman–Crippen LogP) is 1.68. The third kappa shape index (κ3) is 2.72. The molecule has 1 N–H and O–H groups in total. The Hall–Kier alpha value is -0.650. The normalized spacial score (nSPS) is 21.3. The van der Waals surface area contributed by atoms with Crippen molar-refractivity contribution < 1.29 is 0 Å². The Morgan fingerprint density at radius 1 is 1.44 bits per heavy atom. The maximum absolute atomic E-state index is 5.85. The van der Waals surface area contributed by atoms with E-state index in [0.29, 0.717) is 11.9 Å². The zero-order valence-corrected chi connectivity index (χ0v) is 10.5. The van der Waals surface area contributed by atoms with Crippen LogP contribution in [0.5, 0.6) is 0 Å². The number of likely N-dealkylation sites (N-methyl/N-ethyl adjacent to an activating group) is 1. The molecule has 0 bridgehead atoms. The Bertz CT molecular complexity index is 373. The highest BCUT2D eigenvalue weighted by molar-refractivity contribution is 6.32. The van der Waals surface area contributed by atoms with E-state index in [0.717, 1.165) is 13.1 Å². The van der Waals surface area contributed by atoms with Crippen LogP contribution in [0.4, 0.5) is 5.82 Å². The van der Waals surface area contributed by atoms with Crippen LogP contribution in [0.15, 0.2) is 0 Å². The van der Waals surface area contributed by atoms with E-state index in [4.69, 9.17) is 23.2 Å². The smallest absolute Gasteiger partial charge is 0.245 e. The van der Waals surface area contributed by atoms with Crippen molar-refractivity contribution in [2.75, 3.05) is 25.5 Å². The zero-order valence-electron chi connectivity index (χ0n) is 8.95. The number of likely N-dealkylation sites (tertiary alicyclic amines) is 1. The van der Waals surface area contributed by atoms with Gasteiger partial charge in [-0.2, -0.15) is 4.98 Å². The second kappa shape index (κ2) is 5.12. The summed E-state index contributed by atoms with van der Waals surface area (Å²) in [5, 5.41) is 10.8. The number of hydrogen-bond acceptors (Lipinski definition) is 5. The van der Waals surface area contributed by atoms with Crippen LogP contribution < -0.4 is 5.32 Å². The molecule has 1 aliphatic rings. The molecule has 1 atom stereocenters. The molecule has 16 heavy (non-hydrogen) atoms. The SMILES string of the molecule is CN1CCCC1CNc1nc(Cl)nnc1Cl. The van der Waals surface area contributed by atoms with Crippen LogP contribution in [-0.2, 0) is 0 Å². The van der Waals surface area contributed by atoms with Crippen molar-refractivity contribution in [2.24, 2.45) is 0 Å². The first-order valence-electron chi connectivity index (χ1n) is 5.16. The van der Waals surface area contributed by atoms with Gasteiger partial charge in [-0.15, -0.1) is 10.2 Å². The summed E-state index contributed by atoms with van der Waals surface area (Å²) in [7, 11) is 2.12. The Balaban J connectivity index is 1.96. The first-order valence-corrected chi connectivity index (χ1v) is 5.92. The Morgan fingerprint density at radius 2 is 2.25 bits per heavy atom. The lowest BCUT2D eigenvalue weighted by molar-refractivity contribution is 0.322. The molecule has 0 radical (unpaired) electrons. The van der Waals surface area contributed by atoms with E-state index in [-0.39, 0.29) is 10.4 Å². The van der Waals surface area contributed by atoms with Gasteiger partial charge in [0, 0.05) is 12.6 Å². The maximum atomic E-state index is 5.85. The third-order valence-corrected chi connectivity index (χ3v) is 3.21. The van der Waals surface area contributed by atoms with Crippen LogP contribution in [0.3, 0.4) is 0 Å². The largest absolute Gasteiger partial charge is 0.366 e. The van der Waals surface area contributed by atoms with Crippen LogP contribution in [0.1, 0.15) is 12.8 Å². The van der Waals surface area contributed by atoms with Gasteiger partial charge in [-0.3, -0.25) is 0 Å². The van der Waals surface area contributed by atoms with Gasteiger partial charge in [0.1, 0.15) is 0 Å². The topological polar surface area (TPSA) is 53.9 Å². The number of hydrogen-bond donors (Lipinski definition) is 1. The predicted molar refractivity (Wildman–Crippen MR) is 64.0 cm³/mol. The molecule has 0 spiro atoms. The Kier molecular flexibility index (Phi) is 3.78. The molecule has 0 aromatic carbocycles. The van der Waals surface area contributed by atoms with Crippen LogP contribution in [0, 0.1) is 0 Å². The summed E-state index contributed by atoms with van der Waals surface area (Å²) >= 11 is 11.5. The lowest BCUT2D eigenvalue weighted by Gasteiger charge is -2.19. The van der Waals surface area contributed by atoms with E-state index < -0.39 is 0 Å². The van der Waals surface area contributed by atoms with Gasteiger partial charge < -0.3 is 10.2 Å². The molecule has 1 aliphatic heterocycles. The van der Waals surface area contributed by atoms with E-state index >= 15 is 0 Å². The number of aromatic nitrogens is 3. The lowest BCUT2D eigenvalue weighted by Crippen LogP contribution is -2.31. The highest BCUT2D eigenvalue weighted by Crippen LogP contribution is 2.19. The minimum absolute atomic E-state index is 0.103. The van der Waals surface area contributed by atoms with Crippen LogP contribution in [0.2, 0.25) is 10.4 Å². The molecule has 1 aromatic rings. The second-order valence-corrected chi connectivity index (χ2v) is 4.57. The highest BCUT2D eigenvalue weighted by Gasteiger charge is 2.20. The van der Waals surface area contributed by atoms with Gasteiger partial charge in [0.05, 0.1) is 0 Å². The summed E-state index contributed by atoms with van der Waals surface area (Å²) in [4.78, 5) is 6.31. The third-order valence-electron chi connectivity index (χ3n) is 2.80. The molecule has 1 aromatic heterocycles. The lowest BCUT2D eigenvalue weighted by atomic mass is 10.2. The number of halogens is 2. The molecule has 1 unspecified atom stereocenters. The average Bonchev–Trinajstić information content (AvgIpc) is 2.66. The molecule has 2 heterocycles. The fraction of sp³-hybridized carbons (Fsp3) is 0.667. The summed E-state index contributed by atoms with van der Waals surface area (Å²) in [5.41, 5.74) is 0. The van der Waals surface area contributed by atoms with Crippen LogP contribution >= 0.6 is 23.2 Å². The van der Waals surface area contributed by atoms with Gasteiger partial charge in [0.25, 0.3) is 0 Å². The zero-order chi connectivity index (χ0) is 11.5. The van der Waals surface area contributed by atoms with Crippen molar-refractivity contribution in [3.05, 3.63) is 10.4 Å². The summed E-state index contributed by atoms with van der Waals surface area (Å²) in [6, 6.07) is 0.518. The number of anilines is 1.